The van der Waals surface area contributed by atoms with Crippen LogP contribution < -0.4 is 4.74 Å². The summed E-state index contributed by atoms with van der Waals surface area (Å²) in [5, 5.41) is 7.92. The SMILES string of the molecule is COc1cc(-c2c(C(C)C)nc3cnc(-c4cccc(C(F)(F)F)c4)cn23)cc2cn[nH]c12. The van der Waals surface area contributed by atoms with Gasteiger partial charge in [-0.3, -0.25) is 14.5 Å². The fourth-order valence-corrected chi connectivity index (χ4v) is 3.99. The molecule has 0 fully saturated rings. The highest BCUT2D eigenvalue weighted by Gasteiger charge is 2.30. The number of hydrogen-bond donors (Lipinski definition) is 1. The quantitative estimate of drug-likeness (QED) is 0.359. The maximum absolute atomic E-state index is 13.2. The van der Waals surface area contributed by atoms with Crippen LogP contribution in [-0.4, -0.2) is 31.7 Å². The highest BCUT2D eigenvalue weighted by Crippen LogP contribution is 2.37. The molecule has 0 amide bonds. The van der Waals surface area contributed by atoms with Gasteiger partial charge in [-0.25, -0.2) is 4.98 Å². The van der Waals surface area contributed by atoms with E-state index in [-0.39, 0.29) is 5.92 Å². The predicted octanol–water partition coefficient (Wildman–Crippen LogP) is 6.09. The molecule has 0 spiro atoms. The van der Waals surface area contributed by atoms with Crippen LogP contribution in [0.2, 0.25) is 0 Å². The first-order valence-corrected chi connectivity index (χ1v) is 10.3. The van der Waals surface area contributed by atoms with E-state index in [2.05, 4.69) is 15.2 Å². The standard InChI is InChI=1S/C24H20F3N5O/c1-13(2)21-23(15-7-16-10-29-31-22(16)19(9-15)33-3)32-12-18(28-11-20(32)30-21)14-5-4-6-17(8-14)24(25,26)27/h4-13H,1-3H3,(H,29,31). The van der Waals surface area contributed by atoms with E-state index in [1.807, 2.05) is 30.4 Å². The van der Waals surface area contributed by atoms with E-state index in [1.165, 1.54) is 6.07 Å². The molecule has 0 unspecified atom stereocenters. The Morgan fingerprint density at radius 1 is 1.06 bits per heavy atom. The molecule has 0 aliphatic carbocycles. The summed E-state index contributed by atoms with van der Waals surface area (Å²) in [5.74, 6) is 0.736. The molecule has 0 saturated carbocycles. The fourth-order valence-electron chi connectivity index (χ4n) is 3.99. The summed E-state index contributed by atoms with van der Waals surface area (Å²) in [6.45, 7) is 4.08. The first-order chi connectivity index (χ1) is 15.8. The van der Waals surface area contributed by atoms with E-state index in [1.54, 1.807) is 31.8 Å². The topological polar surface area (TPSA) is 68.1 Å². The molecule has 0 radical (unpaired) electrons. The van der Waals surface area contributed by atoms with Crippen LogP contribution in [0, 0.1) is 0 Å². The summed E-state index contributed by atoms with van der Waals surface area (Å²) in [6, 6.07) is 9.05. The van der Waals surface area contributed by atoms with E-state index in [9.17, 15) is 13.2 Å². The van der Waals surface area contributed by atoms with Crippen molar-refractivity contribution in [3.8, 4) is 28.3 Å². The first-order valence-electron chi connectivity index (χ1n) is 10.3. The van der Waals surface area contributed by atoms with Gasteiger partial charge in [-0.15, -0.1) is 0 Å². The Bertz CT molecular complexity index is 1480. The highest BCUT2D eigenvalue weighted by atomic mass is 19.4. The summed E-state index contributed by atoms with van der Waals surface area (Å²) in [7, 11) is 1.59. The Morgan fingerprint density at radius 3 is 2.61 bits per heavy atom. The van der Waals surface area contributed by atoms with Gasteiger partial charge >= 0.3 is 6.18 Å². The number of H-pyrrole nitrogens is 1. The van der Waals surface area contributed by atoms with Gasteiger partial charge in [0.15, 0.2) is 5.65 Å². The van der Waals surface area contributed by atoms with Gasteiger partial charge in [0.1, 0.15) is 11.3 Å². The summed E-state index contributed by atoms with van der Waals surface area (Å²) in [6.07, 6.45) is 0.598. The molecule has 9 heteroatoms. The molecular weight excluding hydrogens is 431 g/mol. The Morgan fingerprint density at radius 2 is 1.88 bits per heavy atom. The van der Waals surface area contributed by atoms with E-state index in [4.69, 9.17) is 9.72 Å². The van der Waals surface area contributed by atoms with Gasteiger partial charge in [0.05, 0.1) is 42.1 Å². The lowest BCUT2D eigenvalue weighted by molar-refractivity contribution is -0.137. The van der Waals surface area contributed by atoms with Crippen LogP contribution in [-0.2, 0) is 6.18 Å². The van der Waals surface area contributed by atoms with Crippen LogP contribution >= 0.6 is 0 Å². The zero-order valence-electron chi connectivity index (χ0n) is 18.1. The number of aromatic amines is 1. The zero-order chi connectivity index (χ0) is 23.3. The second-order valence-corrected chi connectivity index (χ2v) is 8.09. The molecule has 3 aromatic heterocycles. The molecule has 0 aliphatic rings. The number of methoxy groups -OCH3 is 1. The highest BCUT2D eigenvalue weighted by molar-refractivity contribution is 5.89. The van der Waals surface area contributed by atoms with Crippen molar-refractivity contribution >= 4 is 16.6 Å². The van der Waals surface area contributed by atoms with Crippen LogP contribution in [0.5, 0.6) is 5.75 Å². The van der Waals surface area contributed by atoms with Crippen molar-refractivity contribution in [2.75, 3.05) is 7.11 Å². The molecule has 168 valence electrons. The number of hydrogen-bond acceptors (Lipinski definition) is 4. The number of imidazole rings is 1. The number of alkyl halides is 3. The molecule has 1 N–H and O–H groups in total. The molecular formula is C24H20F3N5O. The summed E-state index contributed by atoms with van der Waals surface area (Å²) >= 11 is 0. The maximum Gasteiger partial charge on any atom is 0.416 e. The minimum Gasteiger partial charge on any atom is -0.494 e. The average Bonchev–Trinajstić information content (AvgIpc) is 3.42. The van der Waals surface area contributed by atoms with E-state index in [0.717, 1.165) is 40.0 Å². The number of nitrogens with one attached hydrogen (secondary N) is 1. The first kappa shape index (κ1) is 21.0. The Balaban J connectivity index is 1.75. The minimum atomic E-state index is -4.43. The van der Waals surface area contributed by atoms with Crippen molar-refractivity contribution in [2.45, 2.75) is 25.9 Å². The van der Waals surface area contributed by atoms with Gasteiger partial charge in [0.25, 0.3) is 0 Å². The second kappa shape index (κ2) is 7.61. The molecule has 0 aliphatic heterocycles. The van der Waals surface area contributed by atoms with Crippen molar-refractivity contribution in [3.63, 3.8) is 0 Å². The summed E-state index contributed by atoms with van der Waals surface area (Å²) < 4.78 is 47.1. The van der Waals surface area contributed by atoms with Gasteiger partial charge in [0.2, 0.25) is 0 Å². The van der Waals surface area contributed by atoms with Crippen LogP contribution in [0.15, 0.2) is 55.0 Å². The van der Waals surface area contributed by atoms with E-state index in [0.29, 0.717) is 22.7 Å². The predicted molar refractivity (Wildman–Crippen MR) is 119 cm³/mol. The van der Waals surface area contributed by atoms with Crippen molar-refractivity contribution < 1.29 is 17.9 Å². The third kappa shape index (κ3) is 3.59. The number of benzene rings is 2. The van der Waals surface area contributed by atoms with E-state index < -0.39 is 11.7 Å². The Kier molecular flexibility index (Phi) is 4.84. The lowest BCUT2D eigenvalue weighted by atomic mass is 10.0. The Hall–Kier alpha value is -3.88. The van der Waals surface area contributed by atoms with Crippen LogP contribution in [0.4, 0.5) is 13.2 Å². The molecule has 5 aromatic rings. The molecule has 3 heterocycles. The van der Waals surface area contributed by atoms with E-state index >= 15 is 0 Å². The van der Waals surface area contributed by atoms with Crippen LogP contribution in [0.25, 0.3) is 39.1 Å². The van der Waals surface area contributed by atoms with Crippen molar-refractivity contribution in [1.82, 2.24) is 24.6 Å². The lowest BCUT2D eigenvalue weighted by Gasteiger charge is -2.11. The zero-order valence-corrected chi connectivity index (χ0v) is 18.1. The van der Waals surface area contributed by atoms with Crippen molar-refractivity contribution in [1.29, 1.82) is 0 Å². The van der Waals surface area contributed by atoms with Gasteiger partial charge < -0.3 is 4.74 Å². The van der Waals surface area contributed by atoms with Gasteiger partial charge in [0, 0.05) is 22.7 Å². The average molecular weight is 451 g/mol. The van der Waals surface area contributed by atoms with Crippen molar-refractivity contribution in [2.24, 2.45) is 0 Å². The Labute approximate surface area is 187 Å². The van der Waals surface area contributed by atoms with Crippen LogP contribution in [0.1, 0.15) is 31.0 Å². The smallest absolute Gasteiger partial charge is 0.416 e. The third-order valence-corrected chi connectivity index (χ3v) is 5.57. The molecule has 0 atom stereocenters. The molecule has 2 aromatic carbocycles. The molecule has 0 bridgehead atoms. The largest absolute Gasteiger partial charge is 0.494 e. The number of aromatic nitrogens is 5. The monoisotopic (exact) mass is 451 g/mol. The van der Waals surface area contributed by atoms with Gasteiger partial charge in [-0.05, 0) is 30.2 Å². The number of ether oxygens (including phenoxy) is 1. The van der Waals surface area contributed by atoms with Gasteiger partial charge in [-0.1, -0.05) is 26.0 Å². The number of halogens is 3. The number of rotatable bonds is 4. The molecule has 33 heavy (non-hydrogen) atoms. The van der Waals surface area contributed by atoms with Gasteiger partial charge in [-0.2, -0.15) is 18.3 Å². The molecule has 5 rings (SSSR count). The second-order valence-electron chi connectivity index (χ2n) is 8.09. The lowest BCUT2D eigenvalue weighted by Crippen LogP contribution is -2.04. The minimum absolute atomic E-state index is 0.1000. The van der Waals surface area contributed by atoms with Crippen LogP contribution in [0.3, 0.4) is 0 Å². The maximum atomic E-state index is 13.2. The number of fused-ring (bicyclic) bond motifs is 2. The fraction of sp³-hybridized carbons (Fsp3) is 0.208. The summed E-state index contributed by atoms with van der Waals surface area (Å²) in [4.78, 5) is 9.15. The van der Waals surface area contributed by atoms with Crippen molar-refractivity contribution in [3.05, 3.63) is 66.2 Å². The number of nitrogens with zero attached hydrogens (tertiary/aromatic N) is 4. The summed E-state index contributed by atoms with van der Waals surface area (Å²) in [5.41, 5.74) is 4.01. The molecule has 0 saturated heterocycles. The third-order valence-electron chi connectivity index (χ3n) is 5.57. The normalized spacial score (nSPS) is 12.2. The molecule has 6 nitrogen and oxygen atoms in total.